The number of hydrogen-bond acceptors (Lipinski definition) is 3. The molecule has 1 aromatic heterocycles. The van der Waals surface area contributed by atoms with Gasteiger partial charge in [-0.2, -0.15) is 0 Å². The predicted octanol–water partition coefficient (Wildman–Crippen LogP) is 3.16. The molecule has 1 aromatic carbocycles. The fraction of sp³-hybridized carbons (Fsp3) is 0.250. The molecule has 0 N–H and O–H groups in total. The molecule has 0 saturated carbocycles. The minimum atomic E-state index is -0.364. The smallest absolute Gasteiger partial charge is 0.356 e. The van der Waals surface area contributed by atoms with E-state index in [0.29, 0.717) is 12.3 Å². The van der Waals surface area contributed by atoms with Crippen molar-refractivity contribution in [2.24, 2.45) is 0 Å². The van der Waals surface area contributed by atoms with Crippen LogP contribution in [-0.4, -0.2) is 17.6 Å². The van der Waals surface area contributed by atoms with E-state index in [4.69, 9.17) is 4.74 Å². The Kier molecular flexibility index (Phi) is 4.29. The summed E-state index contributed by atoms with van der Waals surface area (Å²) in [5, 5.41) is 0. The summed E-state index contributed by atoms with van der Waals surface area (Å²) in [5.41, 5.74) is 3.55. The molecule has 2 aromatic rings. The Labute approximate surface area is 113 Å². The van der Waals surface area contributed by atoms with Crippen LogP contribution in [0.4, 0.5) is 0 Å². The average Bonchev–Trinajstić information content (AvgIpc) is 2.42. The van der Waals surface area contributed by atoms with Crippen LogP contribution in [0, 0.1) is 6.92 Å². The highest BCUT2D eigenvalue weighted by Crippen LogP contribution is 2.13. The minimum Gasteiger partial charge on any atom is -0.461 e. The molecule has 0 spiro atoms. The van der Waals surface area contributed by atoms with Crippen molar-refractivity contribution in [2.75, 3.05) is 6.61 Å². The molecule has 98 valence electrons. The fourth-order valence-corrected chi connectivity index (χ4v) is 1.86. The van der Waals surface area contributed by atoms with Crippen molar-refractivity contribution in [1.29, 1.82) is 0 Å². The number of esters is 1. The highest BCUT2D eigenvalue weighted by Gasteiger charge is 2.10. The maximum atomic E-state index is 11.7. The van der Waals surface area contributed by atoms with E-state index >= 15 is 0 Å². The largest absolute Gasteiger partial charge is 0.461 e. The maximum Gasteiger partial charge on any atom is 0.356 e. The van der Waals surface area contributed by atoms with Gasteiger partial charge in [0.2, 0.25) is 0 Å². The van der Waals surface area contributed by atoms with Gasteiger partial charge in [0.25, 0.3) is 0 Å². The molecule has 2 rings (SSSR count). The van der Waals surface area contributed by atoms with Gasteiger partial charge >= 0.3 is 5.97 Å². The molecular weight excluding hydrogens is 238 g/mol. The lowest BCUT2D eigenvalue weighted by atomic mass is 10.1. The van der Waals surface area contributed by atoms with Crippen LogP contribution in [0.25, 0.3) is 0 Å². The third-order valence-electron chi connectivity index (χ3n) is 2.90. The second kappa shape index (κ2) is 6.14. The number of aromatic nitrogens is 1. The van der Waals surface area contributed by atoms with Crippen molar-refractivity contribution < 1.29 is 9.53 Å². The normalized spacial score (nSPS) is 10.2. The van der Waals surface area contributed by atoms with E-state index in [1.165, 1.54) is 5.56 Å². The first-order chi connectivity index (χ1) is 9.20. The zero-order chi connectivity index (χ0) is 13.7. The Morgan fingerprint density at radius 2 is 1.89 bits per heavy atom. The monoisotopic (exact) mass is 255 g/mol. The molecule has 0 radical (unpaired) electrons. The average molecular weight is 255 g/mol. The van der Waals surface area contributed by atoms with Gasteiger partial charge in [-0.3, -0.25) is 0 Å². The van der Waals surface area contributed by atoms with E-state index in [9.17, 15) is 4.79 Å². The number of ether oxygens (including phenoxy) is 1. The molecule has 0 aliphatic carbocycles. The van der Waals surface area contributed by atoms with Crippen LogP contribution in [0.15, 0.2) is 42.5 Å². The van der Waals surface area contributed by atoms with Gasteiger partial charge in [-0.1, -0.05) is 36.4 Å². The van der Waals surface area contributed by atoms with E-state index < -0.39 is 0 Å². The maximum absolute atomic E-state index is 11.7. The van der Waals surface area contributed by atoms with Crippen LogP contribution in [0.2, 0.25) is 0 Å². The molecule has 0 unspecified atom stereocenters. The van der Waals surface area contributed by atoms with Gasteiger partial charge in [0.05, 0.1) is 6.61 Å². The molecule has 0 bridgehead atoms. The van der Waals surface area contributed by atoms with Gasteiger partial charge in [-0.05, 0) is 31.0 Å². The predicted molar refractivity (Wildman–Crippen MR) is 74.2 cm³/mol. The van der Waals surface area contributed by atoms with Gasteiger partial charge in [-0.15, -0.1) is 0 Å². The summed E-state index contributed by atoms with van der Waals surface area (Å²) < 4.78 is 4.97. The quantitative estimate of drug-likeness (QED) is 0.788. The van der Waals surface area contributed by atoms with Crippen molar-refractivity contribution >= 4 is 5.97 Å². The van der Waals surface area contributed by atoms with Crippen LogP contribution in [0.5, 0.6) is 0 Å². The third-order valence-corrected chi connectivity index (χ3v) is 2.90. The zero-order valence-electron chi connectivity index (χ0n) is 11.2. The Morgan fingerprint density at radius 3 is 2.58 bits per heavy atom. The molecule has 1 heterocycles. The topological polar surface area (TPSA) is 39.2 Å². The first kappa shape index (κ1) is 13.3. The summed E-state index contributed by atoms with van der Waals surface area (Å²) in [6.45, 7) is 4.15. The van der Waals surface area contributed by atoms with Crippen molar-refractivity contribution in [1.82, 2.24) is 4.98 Å². The molecule has 3 heteroatoms. The number of nitrogens with zero attached hydrogens (tertiary/aromatic N) is 1. The minimum absolute atomic E-state index is 0.364. The number of carbonyl (C=O) groups excluding carboxylic acids is 1. The molecule has 0 aliphatic heterocycles. The number of rotatable bonds is 4. The van der Waals surface area contributed by atoms with Crippen molar-refractivity contribution in [2.45, 2.75) is 20.3 Å². The molecule has 19 heavy (non-hydrogen) atoms. The second-order valence-electron chi connectivity index (χ2n) is 4.34. The summed E-state index contributed by atoms with van der Waals surface area (Å²) in [7, 11) is 0. The molecule has 0 amide bonds. The van der Waals surface area contributed by atoms with Crippen molar-refractivity contribution in [3.63, 3.8) is 0 Å². The highest BCUT2D eigenvalue weighted by molar-refractivity contribution is 5.87. The van der Waals surface area contributed by atoms with Crippen LogP contribution in [-0.2, 0) is 11.2 Å². The van der Waals surface area contributed by atoms with E-state index in [1.54, 1.807) is 13.0 Å². The van der Waals surface area contributed by atoms with Crippen molar-refractivity contribution in [3.05, 3.63) is 65.0 Å². The number of hydrogen-bond donors (Lipinski definition) is 0. The van der Waals surface area contributed by atoms with Crippen LogP contribution in [0.1, 0.15) is 34.2 Å². The van der Waals surface area contributed by atoms with Gasteiger partial charge in [-0.25, -0.2) is 9.78 Å². The van der Waals surface area contributed by atoms with Crippen molar-refractivity contribution in [3.8, 4) is 0 Å². The molecule has 0 saturated heterocycles. The molecule has 0 fully saturated rings. The van der Waals surface area contributed by atoms with E-state index in [0.717, 1.165) is 17.7 Å². The number of carbonyl (C=O) groups is 1. The Balaban J connectivity index is 2.25. The summed E-state index contributed by atoms with van der Waals surface area (Å²) >= 11 is 0. The standard InChI is InChI=1S/C16H17NO2/c1-3-19-16(18)14-10-9-12(2)15(17-14)11-13-7-5-4-6-8-13/h4-10H,3,11H2,1-2H3. The Hall–Kier alpha value is -2.16. The summed E-state index contributed by atoms with van der Waals surface area (Å²) in [4.78, 5) is 16.1. The number of benzene rings is 1. The summed E-state index contributed by atoms with van der Waals surface area (Å²) in [6, 6.07) is 13.7. The van der Waals surface area contributed by atoms with E-state index in [2.05, 4.69) is 17.1 Å². The number of aryl methyl sites for hydroxylation is 1. The van der Waals surface area contributed by atoms with E-state index in [-0.39, 0.29) is 5.97 Å². The first-order valence-corrected chi connectivity index (χ1v) is 6.38. The van der Waals surface area contributed by atoms with Crippen LogP contribution >= 0.6 is 0 Å². The van der Waals surface area contributed by atoms with Gasteiger partial charge in [0, 0.05) is 12.1 Å². The molecule has 3 nitrogen and oxygen atoms in total. The zero-order valence-corrected chi connectivity index (χ0v) is 11.2. The summed E-state index contributed by atoms with van der Waals surface area (Å²) in [6.07, 6.45) is 0.722. The molecular formula is C16H17NO2. The first-order valence-electron chi connectivity index (χ1n) is 6.38. The van der Waals surface area contributed by atoms with Crippen LogP contribution in [0.3, 0.4) is 0 Å². The Bertz CT molecular complexity index is 564. The fourth-order valence-electron chi connectivity index (χ4n) is 1.86. The molecule has 0 aliphatic rings. The lowest BCUT2D eigenvalue weighted by Crippen LogP contribution is -2.09. The van der Waals surface area contributed by atoms with Gasteiger partial charge in [0.1, 0.15) is 5.69 Å². The van der Waals surface area contributed by atoms with Gasteiger partial charge < -0.3 is 4.74 Å². The van der Waals surface area contributed by atoms with E-state index in [1.807, 2.05) is 31.2 Å². The second-order valence-corrected chi connectivity index (χ2v) is 4.34. The van der Waals surface area contributed by atoms with Crippen LogP contribution < -0.4 is 0 Å². The third kappa shape index (κ3) is 3.41. The lowest BCUT2D eigenvalue weighted by Gasteiger charge is -2.07. The number of pyridine rings is 1. The highest BCUT2D eigenvalue weighted by atomic mass is 16.5. The SMILES string of the molecule is CCOC(=O)c1ccc(C)c(Cc2ccccc2)n1. The summed E-state index contributed by atoms with van der Waals surface area (Å²) in [5.74, 6) is -0.364. The molecule has 0 atom stereocenters. The lowest BCUT2D eigenvalue weighted by molar-refractivity contribution is 0.0519. The van der Waals surface area contributed by atoms with Gasteiger partial charge in [0.15, 0.2) is 0 Å². The Morgan fingerprint density at radius 1 is 1.16 bits per heavy atom.